The molecule has 2 fully saturated rings. The number of Topliss-reactive ketones (excluding diaryl/α,β-unsaturated/α-hetero) is 1. The Morgan fingerprint density at radius 2 is 2.18 bits per heavy atom. The van der Waals surface area contributed by atoms with E-state index in [0.717, 1.165) is 18.8 Å². The molecule has 0 aromatic heterocycles. The smallest absolute Gasteiger partial charge is 0.140 e. The Labute approximate surface area is 66.5 Å². The van der Waals surface area contributed by atoms with E-state index >= 15 is 0 Å². The van der Waals surface area contributed by atoms with Gasteiger partial charge in [-0.1, -0.05) is 12.2 Å². The summed E-state index contributed by atoms with van der Waals surface area (Å²) in [5, 5.41) is 0. The maximum absolute atomic E-state index is 11.5. The van der Waals surface area contributed by atoms with E-state index in [2.05, 4.69) is 12.2 Å². The predicted molar refractivity (Wildman–Crippen MR) is 42.0 cm³/mol. The minimum Gasteiger partial charge on any atom is -0.299 e. The van der Waals surface area contributed by atoms with Gasteiger partial charge in [0.25, 0.3) is 0 Å². The second-order valence-corrected chi connectivity index (χ2v) is 4.34. The fraction of sp³-hybridized carbons (Fsp3) is 0.700. The van der Waals surface area contributed by atoms with Crippen LogP contribution in [0, 0.1) is 17.3 Å². The van der Waals surface area contributed by atoms with Crippen LogP contribution in [0.15, 0.2) is 12.2 Å². The fourth-order valence-electron chi connectivity index (χ4n) is 2.71. The Morgan fingerprint density at radius 3 is 2.91 bits per heavy atom. The van der Waals surface area contributed by atoms with Gasteiger partial charge in [-0.05, 0) is 30.6 Å². The van der Waals surface area contributed by atoms with Gasteiger partial charge in [0.1, 0.15) is 5.78 Å². The lowest BCUT2D eigenvalue weighted by Gasteiger charge is -2.27. The van der Waals surface area contributed by atoms with Crippen LogP contribution in [0.25, 0.3) is 0 Å². The average Bonchev–Trinajstić information content (AvgIpc) is 2.64. The normalized spacial score (nSPS) is 43.5. The molecule has 2 saturated carbocycles. The lowest BCUT2D eigenvalue weighted by Crippen LogP contribution is -2.27. The van der Waals surface area contributed by atoms with Crippen molar-refractivity contribution < 1.29 is 4.79 Å². The van der Waals surface area contributed by atoms with Gasteiger partial charge in [-0.2, -0.15) is 0 Å². The van der Waals surface area contributed by atoms with Crippen molar-refractivity contribution in [3.05, 3.63) is 12.2 Å². The molecule has 0 amide bonds. The summed E-state index contributed by atoms with van der Waals surface area (Å²) in [5.41, 5.74) is 0.473. The molecule has 0 aromatic rings. The van der Waals surface area contributed by atoms with Gasteiger partial charge >= 0.3 is 0 Å². The zero-order valence-corrected chi connectivity index (χ0v) is 6.55. The maximum Gasteiger partial charge on any atom is 0.140 e. The number of rotatable bonds is 0. The van der Waals surface area contributed by atoms with E-state index in [9.17, 15) is 4.79 Å². The van der Waals surface area contributed by atoms with Crippen molar-refractivity contribution in [2.24, 2.45) is 17.3 Å². The molecule has 58 valence electrons. The first kappa shape index (κ1) is 5.99. The van der Waals surface area contributed by atoms with Crippen LogP contribution in [0.5, 0.6) is 0 Å². The third kappa shape index (κ3) is 0.640. The van der Waals surface area contributed by atoms with Crippen molar-refractivity contribution in [3.8, 4) is 0 Å². The van der Waals surface area contributed by atoms with Crippen molar-refractivity contribution in [2.45, 2.75) is 25.7 Å². The number of hydrogen-bond donors (Lipinski definition) is 0. The lowest BCUT2D eigenvalue weighted by atomic mass is 9.76. The van der Waals surface area contributed by atoms with Gasteiger partial charge in [0.15, 0.2) is 0 Å². The molecule has 1 spiro atoms. The molecule has 3 rings (SSSR count). The molecule has 2 unspecified atom stereocenters. The minimum absolute atomic E-state index is 0.311. The monoisotopic (exact) mass is 148 g/mol. The SMILES string of the molecule is O=C1CC2(CC2)C2C=CC1C2. The third-order valence-electron chi connectivity index (χ3n) is 3.70. The van der Waals surface area contributed by atoms with Crippen molar-refractivity contribution >= 4 is 5.78 Å². The standard InChI is InChI=1S/C10H12O/c11-9-6-10(3-4-10)8-2-1-7(9)5-8/h1-2,7-8H,3-6H2. The highest BCUT2D eigenvalue weighted by atomic mass is 16.1. The Balaban J connectivity index is 2.01. The Bertz CT molecular complexity index is 248. The van der Waals surface area contributed by atoms with E-state index in [0.29, 0.717) is 17.1 Å². The summed E-state index contributed by atoms with van der Waals surface area (Å²) in [6.45, 7) is 0. The number of allylic oxidation sites excluding steroid dienone is 2. The van der Waals surface area contributed by atoms with E-state index in [1.165, 1.54) is 12.8 Å². The predicted octanol–water partition coefficient (Wildman–Crippen LogP) is 1.93. The summed E-state index contributed by atoms with van der Waals surface area (Å²) in [4.78, 5) is 11.5. The number of ketones is 1. The maximum atomic E-state index is 11.5. The van der Waals surface area contributed by atoms with Gasteiger partial charge in [0, 0.05) is 12.3 Å². The second kappa shape index (κ2) is 1.60. The first-order valence-corrected chi connectivity index (χ1v) is 4.51. The van der Waals surface area contributed by atoms with E-state index in [1.54, 1.807) is 0 Å². The molecule has 0 heterocycles. The average molecular weight is 148 g/mol. The van der Waals surface area contributed by atoms with Crippen LogP contribution in [0.4, 0.5) is 0 Å². The number of fused-ring (bicyclic) bond motifs is 3. The topological polar surface area (TPSA) is 17.1 Å². The minimum atomic E-state index is 0.311. The fourth-order valence-corrected chi connectivity index (χ4v) is 2.71. The van der Waals surface area contributed by atoms with E-state index < -0.39 is 0 Å². The molecule has 1 nitrogen and oxygen atoms in total. The number of carbonyl (C=O) groups is 1. The summed E-state index contributed by atoms with van der Waals surface area (Å²) >= 11 is 0. The van der Waals surface area contributed by atoms with Crippen molar-refractivity contribution in [3.63, 3.8) is 0 Å². The summed E-state index contributed by atoms with van der Waals surface area (Å²) in [7, 11) is 0. The molecule has 3 aliphatic carbocycles. The van der Waals surface area contributed by atoms with Crippen LogP contribution in [0.2, 0.25) is 0 Å². The molecule has 0 radical (unpaired) electrons. The van der Waals surface area contributed by atoms with Gasteiger partial charge in [-0.25, -0.2) is 0 Å². The summed E-state index contributed by atoms with van der Waals surface area (Å²) in [6.07, 6.45) is 9.07. The molecule has 0 saturated heterocycles. The van der Waals surface area contributed by atoms with Crippen LogP contribution >= 0.6 is 0 Å². The molecule has 2 atom stereocenters. The number of hydrogen-bond acceptors (Lipinski definition) is 1. The molecule has 0 aliphatic heterocycles. The highest BCUT2D eigenvalue weighted by Gasteiger charge is 2.55. The largest absolute Gasteiger partial charge is 0.299 e. The first-order chi connectivity index (χ1) is 5.30. The third-order valence-corrected chi connectivity index (χ3v) is 3.70. The van der Waals surface area contributed by atoms with Crippen LogP contribution in [-0.2, 0) is 4.79 Å². The zero-order chi connectivity index (χ0) is 7.47. The lowest BCUT2D eigenvalue weighted by molar-refractivity contribution is -0.125. The van der Waals surface area contributed by atoms with Crippen LogP contribution in [0.1, 0.15) is 25.7 Å². The molecule has 0 aromatic carbocycles. The van der Waals surface area contributed by atoms with E-state index in [-0.39, 0.29) is 0 Å². The summed E-state index contributed by atoms with van der Waals surface area (Å²) in [6, 6.07) is 0. The van der Waals surface area contributed by atoms with Crippen molar-refractivity contribution in [1.29, 1.82) is 0 Å². The number of carbonyl (C=O) groups excluding carboxylic acids is 1. The van der Waals surface area contributed by atoms with Crippen LogP contribution in [-0.4, -0.2) is 5.78 Å². The quantitative estimate of drug-likeness (QED) is 0.480. The molecule has 3 aliphatic rings. The Morgan fingerprint density at radius 1 is 1.36 bits per heavy atom. The molecule has 2 bridgehead atoms. The molecule has 11 heavy (non-hydrogen) atoms. The Hall–Kier alpha value is -0.590. The van der Waals surface area contributed by atoms with Gasteiger partial charge < -0.3 is 0 Å². The summed E-state index contributed by atoms with van der Waals surface area (Å²) in [5.74, 6) is 1.59. The molecular weight excluding hydrogens is 136 g/mol. The first-order valence-electron chi connectivity index (χ1n) is 4.51. The molecule has 0 N–H and O–H groups in total. The zero-order valence-electron chi connectivity index (χ0n) is 6.55. The van der Waals surface area contributed by atoms with Crippen molar-refractivity contribution in [2.75, 3.05) is 0 Å². The highest BCUT2D eigenvalue weighted by Crippen LogP contribution is 2.61. The van der Waals surface area contributed by atoms with Gasteiger partial charge in [-0.3, -0.25) is 4.79 Å². The molecule has 1 heteroatoms. The van der Waals surface area contributed by atoms with Gasteiger partial charge in [-0.15, -0.1) is 0 Å². The highest BCUT2D eigenvalue weighted by molar-refractivity contribution is 5.85. The summed E-state index contributed by atoms with van der Waals surface area (Å²) < 4.78 is 0. The van der Waals surface area contributed by atoms with E-state index in [4.69, 9.17) is 0 Å². The van der Waals surface area contributed by atoms with Crippen LogP contribution < -0.4 is 0 Å². The van der Waals surface area contributed by atoms with Crippen molar-refractivity contribution in [1.82, 2.24) is 0 Å². The van der Waals surface area contributed by atoms with E-state index in [1.807, 2.05) is 0 Å². The Kier molecular flexibility index (Phi) is 0.869. The molecular formula is C10H12O. The van der Waals surface area contributed by atoms with Gasteiger partial charge in [0.2, 0.25) is 0 Å². The van der Waals surface area contributed by atoms with Crippen LogP contribution in [0.3, 0.4) is 0 Å². The second-order valence-electron chi connectivity index (χ2n) is 4.34. The van der Waals surface area contributed by atoms with Gasteiger partial charge in [0.05, 0.1) is 0 Å².